The average Bonchev–Trinajstić information content (AvgIpc) is 2.40. The third kappa shape index (κ3) is 2.84. The number of carbonyl (C=O) groups excluding carboxylic acids is 1. The third-order valence-corrected chi connectivity index (χ3v) is 2.78. The highest BCUT2D eigenvalue weighted by Gasteiger charge is 2.14. The second-order valence-corrected chi connectivity index (χ2v) is 4.15. The first-order valence-corrected chi connectivity index (χ1v) is 5.88. The van der Waals surface area contributed by atoms with Crippen LogP contribution in [0.5, 0.6) is 0 Å². The van der Waals surface area contributed by atoms with Crippen molar-refractivity contribution in [3.8, 4) is 0 Å². The van der Waals surface area contributed by atoms with Crippen LogP contribution in [-0.2, 0) is 0 Å². The van der Waals surface area contributed by atoms with Crippen LogP contribution < -0.4 is 5.32 Å². The number of nitrogens with one attached hydrogen (secondary N) is 1. The Morgan fingerprint density at radius 2 is 2.00 bits per heavy atom. The summed E-state index contributed by atoms with van der Waals surface area (Å²) in [6, 6.07) is 8.69. The van der Waals surface area contributed by atoms with Gasteiger partial charge in [-0.25, -0.2) is 4.98 Å². The molecule has 0 saturated heterocycles. The fraction of sp³-hybridized carbons (Fsp3) is 0.154. The summed E-state index contributed by atoms with van der Waals surface area (Å²) >= 11 is 5.86. The standard InChI is InChI=1S/C13H12ClN3O/c1-9(11-6-2-3-7-15-11)17-13(18)10-5-4-8-16-12(10)14/h2-9H,1H3,(H,17,18)/t9-/m1/s1. The van der Waals surface area contributed by atoms with Gasteiger partial charge in [-0.1, -0.05) is 17.7 Å². The van der Waals surface area contributed by atoms with E-state index in [1.54, 1.807) is 24.5 Å². The largest absolute Gasteiger partial charge is 0.344 e. The summed E-state index contributed by atoms with van der Waals surface area (Å²) in [5.41, 5.74) is 1.16. The van der Waals surface area contributed by atoms with Gasteiger partial charge in [0.15, 0.2) is 0 Å². The number of nitrogens with zero attached hydrogens (tertiary/aromatic N) is 2. The molecule has 5 heteroatoms. The van der Waals surface area contributed by atoms with Gasteiger partial charge in [0.1, 0.15) is 5.15 Å². The molecule has 1 N–H and O–H groups in total. The average molecular weight is 262 g/mol. The third-order valence-electron chi connectivity index (χ3n) is 2.48. The molecule has 2 aromatic rings. The summed E-state index contributed by atoms with van der Waals surface area (Å²) in [5, 5.41) is 3.02. The van der Waals surface area contributed by atoms with Crippen LogP contribution in [0.1, 0.15) is 29.0 Å². The van der Waals surface area contributed by atoms with Crippen LogP contribution in [0, 0.1) is 0 Å². The molecule has 2 rings (SSSR count). The molecular formula is C13H12ClN3O. The smallest absolute Gasteiger partial charge is 0.254 e. The van der Waals surface area contributed by atoms with Crippen molar-refractivity contribution < 1.29 is 4.79 Å². The van der Waals surface area contributed by atoms with Crippen LogP contribution in [0.4, 0.5) is 0 Å². The van der Waals surface area contributed by atoms with Crippen LogP contribution in [0.2, 0.25) is 5.15 Å². The monoisotopic (exact) mass is 261 g/mol. The van der Waals surface area contributed by atoms with E-state index < -0.39 is 0 Å². The zero-order chi connectivity index (χ0) is 13.0. The zero-order valence-corrected chi connectivity index (χ0v) is 10.6. The predicted octanol–water partition coefficient (Wildman–Crippen LogP) is 2.62. The van der Waals surface area contributed by atoms with Crippen molar-refractivity contribution in [3.05, 3.63) is 59.1 Å². The molecule has 18 heavy (non-hydrogen) atoms. The molecule has 0 fully saturated rings. The topological polar surface area (TPSA) is 54.9 Å². The maximum absolute atomic E-state index is 12.0. The van der Waals surface area contributed by atoms with E-state index in [4.69, 9.17) is 11.6 Å². The van der Waals surface area contributed by atoms with Crippen LogP contribution in [0.3, 0.4) is 0 Å². The van der Waals surface area contributed by atoms with Crippen molar-refractivity contribution in [3.63, 3.8) is 0 Å². The van der Waals surface area contributed by atoms with Crippen LogP contribution >= 0.6 is 11.6 Å². The summed E-state index contributed by atoms with van der Waals surface area (Å²) in [6.45, 7) is 1.87. The molecule has 0 saturated carbocycles. The quantitative estimate of drug-likeness (QED) is 0.864. The molecule has 1 atom stereocenters. The number of hydrogen-bond acceptors (Lipinski definition) is 3. The van der Waals surface area contributed by atoms with E-state index in [0.29, 0.717) is 5.56 Å². The lowest BCUT2D eigenvalue weighted by Gasteiger charge is -2.13. The van der Waals surface area contributed by atoms with Gasteiger partial charge >= 0.3 is 0 Å². The fourth-order valence-corrected chi connectivity index (χ4v) is 1.74. The highest BCUT2D eigenvalue weighted by molar-refractivity contribution is 6.32. The van der Waals surface area contributed by atoms with E-state index >= 15 is 0 Å². The normalized spacial score (nSPS) is 11.9. The lowest BCUT2D eigenvalue weighted by molar-refractivity contribution is 0.0939. The van der Waals surface area contributed by atoms with Crippen molar-refractivity contribution >= 4 is 17.5 Å². The Bertz CT molecular complexity index is 545. The molecule has 0 bridgehead atoms. The summed E-state index contributed by atoms with van der Waals surface area (Å²) in [5.74, 6) is -0.258. The molecule has 2 heterocycles. The molecular weight excluding hydrogens is 250 g/mol. The Hall–Kier alpha value is -1.94. The van der Waals surface area contributed by atoms with E-state index in [1.807, 2.05) is 25.1 Å². The van der Waals surface area contributed by atoms with Crippen LogP contribution in [-0.4, -0.2) is 15.9 Å². The Labute approximate surface area is 110 Å². The lowest BCUT2D eigenvalue weighted by atomic mass is 10.2. The van der Waals surface area contributed by atoms with Crippen LogP contribution in [0.25, 0.3) is 0 Å². The predicted molar refractivity (Wildman–Crippen MR) is 69.4 cm³/mol. The Morgan fingerprint density at radius 3 is 2.67 bits per heavy atom. The molecule has 0 aliphatic carbocycles. The van der Waals surface area contributed by atoms with Gasteiger partial charge in [0, 0.05) is 12.4 Å². The molecule has 4 nitrogen and oxygen atoms in total. The number of pyridine rings is 2. The summed E-state index contributed by atoms with van der Waals surface area (Å²) in [6.07, 6.45) is 3.23. The maximum Gasteiger partial charge on any atom is 0.254 e. The van der Waals surface area contributed by atoms with E-state index in [0.717, 1.165) is 5.69 Å². The Morgan fingerprint density at radius 1 is 1.22 bits per heavy atom. The highest BCUT2D eigenvalue weighted by Crippen LogP contribution is 2.14. The van der Waals surface area contributed by atoms with Crippen molar-refractivity contribution in [1.29, 1.82) is 0 Å². The van der Waals surface area contributed by atoms with Gasteiger partial charge in [0.25, 0.3) is 5.91 Å². The van der Waals surface area contributed by atoms with Crippen molar-refractivity contribution in [2.24, 2.45) is 0 Å². The van der Waals surface area contributed by atoms with Gasteiger partial charge in [-0.3, -0.25) is 9.78 Å². The maximum atomic E-state index is 12.0. The molecule has 0 aromatic carbocycles. The molecule has 0 unspecified atom stereocenters. The minimum Gasteiger partial charge on any atom is -0.344 e. The first-order chi connectivity index (χ1) is 8.68. The summed E-state index contributed by atoms with van der Waals surface area (Å²) in [4.78, 5) is 20.0. The fourth-order valence-electron chi connectivity index (χ4n) is 1.54. The van der Waals surface area contributed by atoms with Gasteiger partial charge in [0.2, 0.25) is 0 Å². The van der Waals surface area contributed by atoms with Gasteiger partial charge in [0.05, 0.1) is 17.3 Å². The zero-order valence-electron chi connectivity index (χ0n) is 9.80. The Kier molecular flexibility index (Phi) is 3.89. The number of amides is 1. The molecule has 2 aromatic heterocycles. The SMILES string of the molecule is C[C@@H](NC(=O)c1cccnc1Cl)c1ccccn1. The minimum atomic E-state index is -0.258. The van der Waals surface area contributed by atoms with Crippen molar-refractivity contribution in [2.45, 2.75) is 13.0 Å². The molecule has 0 radical (unpaired) electrons. The lowest BCUT2D eigenvalue weighted by Crippen LogP contribution is -2.27. The molecule has 92 valence electrons. The first-order valence-electron chi connectivity index (χ1n) is 5.51. The number of halogens is 1. The van der Waals surface area contributed by atoms with Gasteiger partial charge in [-0.2, -0.15) is 0 Å². The van der Waals surface area contributed by atoms with Gasteiger partial charge in [-0.05, 0) is 31.2 Å². The summed E-state index contributed by atoms with van der Waals surface area (Å²) < 4.78 is 0. The minimum absolute atomic E-state index is 0.185. The van der Waals surface area contributed by atoms with E-state index in [-0.39, 0.29) is 17.1 Å². The van der Waals surface area contributed by atoms with Crippen molar-refractivity contribution in [2.75, 3.05) is 0 Å². The van der Waals surface area contributed by atoms with Crippen LogP contribution in [0.15, 0.2) is 42.7 Å². The van der Waals surface area contributed by atoms with E-state index in [2.05, 4.69) is 15.3 Å². The van der Waals surface area contributed by atoms with Gasteiger partial charge in [-0.15, -0.1) is 0 Å². The first kappa shape index (κ1) is 12.5. The van der Waals surface area contributed by atoms with Crippen molar-refractivity contribution in [1.82, 2.24) is 15.3 Å². The highest BCUT2D eigenvalue weighted by atomic mass is 35.5. The Balaban J connectivity index is 2.11. The van der Waals surface area contributed by atoms with E-state index in [1.165, 1.54) is 0 Å². The second-order valence-electron chi connectivity index (χ2n) is 3.79. The molecule has 0 aliphatic rings. The van der Waals surface area contributed by atoms with E-state index in [9.17, 15) is 4.79 Å². The number of aromatic nitrogens is 2. The summed E-state index contributed by atoms with van der Waals surface area (Å²) in [7, 11) is 0. The molecule has 1 amide bonds. The van der Waals surface area contributed by atoms with Gasteiger partial charge < -0.3 is 5.32 Å². The molecule has 0 aliphatic heterocycles. The number of hydrogen-bond donors (Lipinski definition) is 1. The molecule has 0 spiro atoms. The number of carbonyl (C=O) groups is 1. The number of rotatable bonds is 3. The second kappa shape index (κ2) is 5.60.